The van der Waals surface area contributed by atoms with Crippen molar-refractivity contribution in [2.45, 2.75) is 6.54 Å². The van der Waals surface area contributed by atoms with Crippen molar-refractivity contribution in [3.05, 3.63) is 87.5 Å². The van der Waals surface area contributed by atoms with E-state index >= 15 is 0 Å². The highest BCUT2D eigenvalue weighted by Crippen LogP contribution is 2.34. The number of carbonyl (C=O) groups excluding carboxylic acids is 2. The van der Waals surface area contributed by atoms with Gasteiger partial charge in [0.2, 0.25) is 0 Å². The molecular formula is C22H13ClN2O3S. The number of nitrogens with zero attached hydrogens (tertiary/aromatic N) is 2. The first-order valence-electron chi connectivity index (χ1n) is 8.64. The summed E-state index contributed by atoms with van der Waals surface area (Å²) in [5.41, 5.74) is 1.92. The van der Waals surface area contributed by atoms with Crippen LogP contribution in [-0.4, -0.2) is 16.0 Å². The van der Waals surface area contributed by atoms with Crippen LogP contribution in [0.15, 0.2) is 70.0 Å². The Morgan fingerprint density at radius 1 is 1.07 bits per heavy atom. The molecule has 0 atom stereocenters. The third-order valence-corrected chi connectivity index (χ3v) is 5.53. The molecule has 5 nitrogen and oxygen atoms in total. The summed E-state index contributed by atoms with van der Waals surface area (Å²) in [5, 5.41) is 9.46. The number of carbonyl (C=O) groups is 2. The van der Waals surface area contributed by atoms with Gasteiger partial charge in [-0.2, -0.15) is 5.26 Å². The molecule has 0 spiro atoms. The molecule has 4 rings (SSSR count). The molecule has 1 aromatic heterocycles. The van der Waals surface area contributed by atoms with Crippen LogP contribution < -0.4 is 0 Å². The van der Waals surface area contributed by atoms with Crippen LogP contribution in [0.5, 0.6) is 0 Å². The lowest BCUT2D eigenvalue weighted by Gasteiger charge is -2.13. The molecule has 1 aliphatic rings. The Hall–Kier alpha value is -3.27. The first-order chi connectivity index (χ1) is 14.0. The quantitative estimate of drug-likeness (QED) is 0.505. The van der Waals surface area contributed by atoms with Crippen LogP contribution in [-0.2, 0) is 11.3 Å². The lowest BCUT2D eigenvalue weighted by Crippen LogP contribution is -2.27. The van der Waals surface area contributed by atoms with Gasteiger partial charge in [-0.1, -0.05) is 29.8 Å². The van der Waals surface area contributed by atoms with Gasteiger partial charge in [-0.25, -0.2) is 0 Å². The molecule has 2 heterocycles. The Morgan fingerprint density at radius 2 is 1.83 bits per heavy atom. The zero-order chi connectivity index (χ0) is 20.4. The van der Waals surface area contributed by atoms with E-state index < -0.39 is 5.91 Å². The largest absolute Gasteiger partial charge is 0.457 e. The number of hydrogen-bond acceptors (Lipinski definition) is 5. The molecule has 1 aliphatic heterocycles. The molecule has 29 heavy (non-hydrogen) atoms. The summed E-state index contributed by atoms with van der Waals surface area (Å²) in [6.45, 7) is 0.0555. The number of thioether (sulfide) groups is 1. The molecule has 0 N–H and O–H groups in total. The van der Waals surface area contributed by atoms with Crippen molar-refractivity contribution < 1.29 is 14.0 Å². The monoisotopic (exact) mass is 420 g/mol. The van der Waals surface area contributed by atoms with Gasteiger partial charge in [-0.3, -0.25) is 14.5 Å². The molecule has 2 aromatic carbocycles. The Balaban J connectivity index is 1.55. The second kappa shape index (κ2) is 8.00. The van der Waals surface area contributed by atoms with Gasteiger partial charge >= 0.3 is 0 Å². The minimum Gasteiger partial charge on any atom is -0.457 e. The second-order valence-corrected chi connectivity index (χ2v) is 7.68. The van der Waals surface area contributed by atoms with Crippen LogP contribution in [0.3, 0.4) is 0 Å². The van der Waals surface area contributed by atoms with E-state index in [4.69, 9.17) is 16.0 Å². The average Bonchev–Trinajstić information content (AvgIpc) is 3.29. The minimum atomic E-state index is -0.405. The number of halogens is 1. The standard InChI is InChI=1S/C22H13ClN2O3S/c23-17-7-5-14(6-8-17)19-10-9-18(28-19)11-20-21(26)25(22(27)29-20)13-16-4-2-1-3-15(16)12-24/h1-11H,13H2/b20-11+. The average molecular weight is 421 g/mol. The molecule has 2 amide bonds. The van der Waals surface area contributed by atoms with Gasteiger partial charge in [0.25, 0.3) is 11.1 Å². The van der Waals surface area contributed by atoms with E-state index in [-0.39, 0.29) is 16.7 Å². The lowest BCUT2D eigenvalue weighted by atomic mass is 10.1. The van der Waals surface area contributed by atoms with Gasteiger partial charge in [0.15, 0.2) is 0 Å². The van der Waals surface area contributed by atoms with Gasteiger partial charge in [0, 0.05) is 16.7 Å². The number of rotatable bonds is 4. The predicted octanol–water partition coefficient (Wildman–Crippen LogP) is 5.71. The van der Waals surface area contributed by atoms with E-state index in [0.717, 1.165) is 22.2 Å². The minimum absolute atomic E-state index is 0.0555. The highest BCUT2D eigenvalue weighted by molar-refractivity contribution is 8.18. The normalized spacial score (nSPS) is 15.2. The molecule has 0 bridgehead atoms. The van der Waals surface area contributed by atoms with E-state index in [1.165, 1.54) is 0 Å². The van der Waals surface area contributed by atoms with Crippen molar-refractivity contribution in [1.29, 1.82) is 5.26 Å². The van der Waals surface area contributed by atoms with Crippen molar-refractivity contribution in [2.75, 3.05) is 0 Å². The molecule has 0 saturated carbocycles. The lowest BCUT2D eigenvalue weighted by molar-refractivity contribution is -0.123. The third kappa shape index (κ3) is 3.97. The fourth-order valence-electron chi connectivity index (χ4n) is 2.90. The third-order valence-electron chi connectivity index (χ3n) is 4.37. The van der Waals surface area contributed by atoms with E-state index in [1.54, 1.807) is 54.6 Å². The first kappa shape index (κ1) is 19.1. The van der Waals surface area contributed by atoms with Crippen molar-refractivity contribution in [1.82, 2.24) is 4.90 Å². The van der Waals surface area contributed by atoms with Gasteiger partial charge in [0.05, 0.1) is 23.1 Å². The van der Waals surface area contributed by atoms with E-state index in [1.807, 2.05) is 12.1 Å². The number of hydrogen-bond donors (Lipinski definition) is 0. The van der Waals surface area contributed by atoms with Crippen LogP contribution in [0.4, 0.5) is 4.79 Å². The molecule has 3 aromatic rings. The van der Waals surface area contributed by atoms with Crippen LogP contribution in [0, 0.1) is 11.3 Å². The summed E-state index contributed by atoms with van der Waals surface area (Å²) in [6.07, 6.45) is 1.56. The van der Waals surface area contributed by atoms with E-state index in [0.29, 0.717) is 27.7 Å². The molecule has 0 unspecified atom stereocenters. The summed E-state index contributed by atoms with van der Waals surface area (Å²) in [7, 11) is 0. The highest BCUT2D eigenvalue weighted by atomic mass is 35.5. The molecule has 7 heteroatoms. The van der Waals surface area contributed by atoms with Gasteiger partial charge in [0.1, 0.15) is 11.5 Å². The maximum atomic E-state index is 12.7. The number of nitriles is 1. The van der Waals surface area contributed by atoms with E-state index in [9.17, 15) is 14.9 Å². The summed E-state index contributed by atoms with van der Waals surface area (Å²) in [5.74, 6) is 0.699. The fourth-order valence-corrected chi connectivity index (χ4v) is 3.85. The predicted molar refractivity (Wildman–Crippen MR) is 112 cm³/mol. The van der Waals surface area contributed by atoms with Gasteiger partial charge < -0.3 is 4.42 Å². The summed E-state index contributed by atoms with van der Waals surface area (Å²) < 4.78 is 5.79. The van der Waals surface area contributed by atoms with Crippen LogP contribution in [0.1, 0.15) is 16.9 Å². The topological polar surface area (TPSA) is 74.3 Å². The van der Waals surface area contributed by atoms with Crippen molar-refractivity contribution >= 4 is 40.6 Å². The second-order valence-electron chi connectivity index (χ2n) is 6.25. The molecule has 0 radical (unpaired) electrons. The highest BCUT2D eigenvalue weighted by Gasteiger charge is 2.35. The van der Waals surface area contributed by atoms with Gasteiger partial charge in [-0.15, -0.1) is 0 Å². The SMILES string of the molecule is N#Cc1ccccc1CN1C(=O)S/C(=C/c2ccc(-c3ccc(Cl)cc3)o2)C1=O. The first-order valence-corrected chi connectivity index (χ1v) is 9.84. The van der Waals surface area contributed by atoms with E-state index in [2.05, 4.69) is 6.07 Å². The Morgan fingerprint density at radius 3 is 2.59 bits per heavy atom. The van der Waals surface area contributed by atoms with Gasteiger partial charge in [-0.05, 0) is 59.8 Å². The van der Waals surface area contributed by atoms with Crippen molar-refractivity contribution in [2.24, 2.45) is 0 Å². The van der Waals surface area contributed by atoms with Crippen LogP contribution >= 0.6 is 23.4 Å². The molecule has 1 fully saturated rings. The Bertz CT molecular complexity index is 1180. The Labute approximate surface area is 176 Å². The number of amides is 2. The number of imide groups is 1. The number of benzene rings is 2. The molecular weight excluding hydrogens is 408 g/mol. The Kier molecular flexibility index (Phi) is 5.26. The zero-order valence-corrected chi connectivity index (χ0v) is 16.5. The molecule has 1 saturated heterocycles. The van der Waals surface area contributed by atoms with Crippen LogP contribution in [0.25, 0.3) is 17.4 Å². The van der Waals surface area contributed by atoms with Crippen molar-refractivity contribution in [3.63, 3.8) is 0 Å². The fraction of sp³-hybridized carbons (Fsp3) is 0.0455. The summed E-state index contributed by atoms with van der Waals surface area (Å²) >= 11 is 6.76. The maximum absolute atomic E-state index is 12.7. The number of furan rings is 1. The zero-order valence-electron chi connectivity index (χ0n) is 15.0. The molecule has 142 valence electrons. The molecule has 0 aliphatic carbocycles. The summed E-state index contributed by atoms with van der Waals surface area (Å²) in [4.78, 5) is 26.5. The smallest absolute Gasteiger partial charge is 0.293 e. The maximum Gasteiger partial charge on any atom is 0.293 e. The van der Waals surface area contributed by atoms with Crippen LogP contribution in [0.2, 0.25) is 5.02 Å². The van der Waals surface area contributed by atoms with Crippen molar-refractivity contribution in [3.8, 4) is 17.4 Å². The summed E-state index contributed by atoms with van der Waals surface area (Å²) in [6, 6.07) is 19.7.